The Labute approximate surface area is 267 Å². The third-order valence-electron chi connectivity index (χ3n) is 8.80. The van der Waals surface area contributed by atoms with Crippen molar-refractivity contribution in [2.24, 2.45) is 0 Å². The van der Waals surface area contributed by atoms with E-state index in [0.29, 0.717) is 17.6 Å². The Bertz CT molecular complexity index is 2690. The van der Waals surface area contributed by atoms with Crippen molar-refractivity contribution in [2.45, 2.75) is 0 Å². The van der Waals surface area contributed by atoms with Crippen molar-refractivity contribution >= 4 is 65.4 Å². The zero-order valence-corrected chi connectivity index (χ0v) is 24.8. The molecule has 218 valence electrons. The van der Waals surface area contributed by atoms with E-state index in [1.165, 1.54) is 0 Å². The van der Waals surface area contributed by atoms with Crippen LogP contribution in [-0.4, -0.2) is 39.5 Å². The molecule has 0 atom stereocenters. The summed E-state index contributed by atoms with van der Waals surface area (Å²) in [5.74, 6) is 1.55. The van der Waals surface area contributed by atoms with E-state index in [2.05, 4.69) is 94.9 Å². The van der Waals surface area contributed by atoms with E-state index in [-0.39, 0.29) is 0 Å². The molecular formula is C39H22N8. The Balaban J connectivity index is 1.23. The molecule has 0 spiro atoms. The van der Waals surface area contributed by atoms with Gasteiger partial charge >= 0.3 is 0 Å². The average molecular weight is 603 g/mol. The van der Waals surface area contributed by atoms with Gasteiger partial charge in [0.15, 0.2) is 11.6 Å². The Morgan fingerprint density at radius 2 is 0.851 bits per heavy atom. The highest BCUT2D eigenvalue weighted by Crippen LogP contribution is 2.33. The molecule has 0 aliphatic heterocycles. The van der Waals surface area contributed by atoms with Crippen LogP contribution in [0, 0.1) is 0 Å². The molecule has 8 heteroatoms. The fraction of sp³-hybridized carbons (Fsp3) is 0. The highest BCUT2D eigenvalue weighted by atomic mass is 15.2. The minimum Gasteiger partial charge on any atom is -0.256 e. The van der Waals surface area contributed by atoms with Crippen LogP contribution < -0.4 is 0 Å². The maximum atomic E-state index is 5.08. The zero-order valence-electron chi connectivity index (χ0n) is 24.8. The van der Waals surface area contributed by atoms with Gasteiger partial charge in [-0.25, -0.2) is 19.5 Å². The van der Waals surface area contributed by atoms with Crippen LogP contribution in [0.3, 0.4) is 0 Å². The standard InChI is InChI=1S/C39H22N8/c1-5-23-9-11-25-21-27(13-15-29(25)33(23)40-17-1)35-44-36(28-14-16-30-26(22-28)12-10-24-6-2-18-41-34(24)30)46-39(45-35)47-37-31(7-3-19-42-37)32-8-4-20-43-38(32)47/h1-22H. The zero-order chi connectivity index (χ0) is 30.9. The van der Waals surface area contributed by atoms with Crippen LogP contribution >= 0.6 is 0 Å². The fourth-order valence-corrected chi connectivity index (χ4v) is 6.61. The summed E-state index contributed by atoms with van der Waals surface area (Å²) in [7, 11) is 0. The molecule has 0 saturated carbocycles. The maximum Gasteiger partial charge on any atom is 0.241 e. The van der Waals surface area contributed by atoms with Gasteiger partial charge in [-0.15, -0.1) is 0 Å². The fourth-order valence-electron chi connectivity index (χ4n) is 6.61. The lowest BCUT2D eigenvalue weighted by Crippen LogP contribution is -2.07. The second kappa shape index (κ2) is 9.92. The van der Waals surface area contributed by atoms with E-state index >= 15 is 0 Å². The third-order valence-corrected chi connectivity index (χ3v) is 8.80. The molecule has 6 aromatic heterocycles. The molecular weight excluding hydrogens is 580 g/mol. The summed E-state index contributed by atoms with van der Waals surface area (Å²) in [5.41, 5.74) is 5.14. The minimum absolute atomic E-state index is 0.447. The summed E-state index contributed by atoms with van der Waals surface area (Å²) in [4.78, 5) is 34.0. The summed E-state index contributed by atoms with van der Waals surface area (Å²) in [6.07, 6.45) is 7.22. The SMILES string of the molecule is c1cnc2c(c1)ccc1cc(-c3nc(-c4ccc5c(ccc6cccnc65)c4)nc(-n4c5ncccc5c5cccnc54)n3)ccc12. The Morgan fingerprint density at radius 1 is 0.383 bits per heavy atom. The van der Waals surface area contributed by atoms with Crippen LogP contribution in [0.5, 0.6) is 0 Å². The van der Waals surface area contributed by atoms with Crippen LogP contribution in [0.1, 0.15) is 0 Å². The Morgan fingerprint density at radius 3 is 1.38 bits per heavy atom. The van der Waals surface area contributed by atoms with E-state index in [1.807, 2.05) is 41.2 Å². The van der Waals surface area contributed by atoms with Gasteiger partial charge in [0.25, 0.3) is 0 Å². The van der Waals surface area contributed by atoms with Crippen molar-refractivity contribution in [3.63, 3.8) is 0 Å². The van der Waals surface area contributed by atoms with Crippen molar-refractivity contribution in [3.05, 3.63) is 134 Å². The van der Waals surface area contributed by atoms with Crippen molar-refractivity contribution in [1.82, 2.24) is 39.5 Å². The summed E-state index contributed by atoms with van der Waals surface area (Å²) in [6, 6.07) is 37.0. The molecule has 10 aromatic rings. The van der Waals surface area contributed by atoms with Gasteiger partial charge in [-0.2, -0.15) is 9.97 Å². The van der Waals surface area contributed by atoms with Crippen molar-refractivity contribution in [2.75, 3.05) is 0 Å². The predicted molar refractivity (Wildman–Crippen MR) is 186 cm³/mol. The molecule has 8 nitrogen and oxygen atoms in total. The molecule has 4 aromatic carbocycles. The normalized spacial score (nSPS) is 11.8. The molecule has 47 heavy (non-hydrogen) atoms. The van der Waals surface area contributed by atoms with Crippen molar-refractivity contribution < 1.29 is 0 Å². The third kappa shape index (κ3) is 3.98. The lowest BCUT2D eigenvalue weighted by molar-refractivity contribution is 0.935. The quantitative estimate of drug-likeness (QED) is 0.187. The first-order chi connectivity index (χ1) is 23.3. The molecule has 0 radical (unpaired) electrons. The summed E-state index contributed by atoms with van der Waals surface area (Å²) >= 11 is 0. The number of hydrogen-bond donors (Lipinski definition) is 0. The largest absolute Gasteiger partial charge is 0.256 e. The highest BCUT2D eigenvalue weighted by molar-refractivity contribution is 6.08. The van der Waals surface area contributed by atoms with E-state index in [1.54, 1.807) is 12.4 Å². The van der Waals surface area contributed by atoms with Gasteiger partial charge in [-0.05, 0) is 59.3 Å². The Hall–Kier alpha value is -6.67. The number of rotatable bonds is 3. The molecule has 0 aliphatic carbocycles. The predicted octanol–water partition coefficient (Wildman–Crippen LogP) is 8.50. The lowest BCUT2D eigenvalue weighted by atomic mass is 10.0. The molecule has 0 unspecified atom stereocenters. The topological polar surface area (TPSA) is 95.2 Å². The van der Waals surface area contributed by atoms with Gasteiger partial charge in [-0.1, -0.05) is 60.7 Å². The number of pyridine rings is 4. The molecule has 10 rings (SSSR count). The number of fused-ring (bicyclic) bond motifs is 9. The first-order valence-electron chi connectivity index (χ1n) is 15.3. The number of benzene rings is 4. The summed E-state index contributed by atoms with van der Waals surface area (Å²) in [5, 5.41) is 8.43. The average Bonchev–Trinajstić information content (AvgIpc) is 3.48. The lowest BCUT2D eigenvalue weighted by Gasteiger charge is -2.11. The molecule has 0 fully saturated rings. The van der Waals surface area contributed by atoms with E-state index < -0.39 is 0 Å². The van der Waals surface area contributed by atoms with E-state index in [9.17, 15) is 0 Å². The molecule has 0 N–H and O–H groups in total. The minimum atomic E-state index is 0.447. The van der Waals surface area contributed by atoms with Crippen LogP contribution in [0.2, 0.25) is 0 Å². The first kappa shape index (κ1) is 25.6. The summed E-state index contributed by atoms with van der Waals surface area (Å²) in [6.45, 7) is 0. The van der Waals surface area contributed by atoms with Gasteiger partial charge in [0.2, 0.25) is 5.95 Å². The molecule has 0 aliphatic rings. The van der Waals surface area contributed by atoms with Gasteiger partial charge in [-0.3, -0.25) is 9.97 Å². The van der Waals surface area contributed by atoms with Crippen LogP contribution in [-0.2, 0) is 0 Å². The van der Waals surface area contributed by atoms with Crippen molar-refractivity contribution in [1.29, 1.82) is 0 Å². The van der Waals surface area contributed by atoms with Crippen LogP contribution in [0.4, 0.5) is 0 Å². The smallest absolute Gasteiger partial charge is 0.241 e. The van der Waals surface area contributed by atoms with Gasteiger partial charge in [0.05, 0.1) is 11.0 Å². The van der Waals surface area contributed by atoms with Crippen LogP contribution in [0.25, 0.3) is 94.1 Å². The summed E-state index contributed by atoms with van der Waals surface area (Å²) < 4.78 is 1.93. The molecule has 0 bridgehead atoms. The second-order valence-corrected chi connectivity index (χ2v) is 11.5. The van der Waals surface area contributed by atoms with Gasteiger partial charge < -0.3 is 0 Å². The molecule has 0 saturated heterocycles. The van der Waals surface area contributed by atoms with E-state index in [4.69, 9.17) is 24.9 Å². The highest BCUT2D eigenvalue weighted by Gasteiger charge is 2.19. The monoisotopic (exact) mass is 602 g/mol. The van der Waals surface area contributed by atoms with Crippen molar-refractivity contribution in [3.8, 4) is 28.7 Å². The number of hydrogen-bond acceptors (Lipinski definition) is 7. The van der Waals surface area contributed by atoms with Crippen LogP contribution in [0.15, 0.2) is 134 Å². The second-order valence-electron chi connectivity index (χ2n) is 11.5. The molecule has 0 amide bonds. The number of aromatic nitrogens is 8. The van der Waals surface area contributed by atoms with E-state index in [0.717, 1.165) is 76.5 Å². The number of nitrogens with zero attached hydrogens (tertiary/aromatic N) is 8. The Kier molecular flexibility index (Phi) is 5.41. The van der Waals surface area contributed by atoms with Gasteiger partial charge in [0.1, 0.15) is 11.3 Å². The van der Waals surface area contributed by atoms with Gasteiger partial charge in [0, 0.05) is 68.2 Å². The molecule has 6 heterocycles. The maximum absolute atomic E-state index is 5.08. The first-order valence-corrected chi connectivity index (χ1v) is 15.3.